The Morgan fingerprint density at radius 3 is 2.38 bits per heavy atom. The van der Waals surface area contributed by atoms with Gasteiger partial charge in [-0.3, -0.25) is 0 Å². The van der Waals surface area contributed by atoms with Gasteiger partial charge in [0.2, 0.25) is 0 Å². The first-order valence-corrected chi connectivity index (χ1v) is 2.05. The molecule has 0 saturated heterocycles. The number of aromatic hydroxyl groups is 1. The van der Waals surface area contributed by atoms with Crippen molar-refractivity contribution in [1.82, 2.24) is 0 Å². The zero-order valence-electron chi connectivity index (χ0n) is 4.76. The molecule has 1 aromatic carbocycles. The number of para-hydroxylation sites is 1. The molecule has 8 heavy (non-hydrogen) atoms. The molecule has 0 aromatic heterocycles. The first kappa shape index (κ1) is 8.02. The van der Waals surface area contributed by atoms with Gasteiger partial charge in [0.25, 0.3) is 0 Å². The van der Waals surface area contributed by atoms with E-state index in [1.54, 1.807) is 24.3 Å². The monoisotopic (exact) mass is 116 g/mol. The summed E-state index contributed by atoms with van der Waals surface area (Å²) in [6.07, 6.45) is 0. The van der Waals surface area contributed by atoms with Crippen LogP contribution in [0.2, 0.25) is 0 Å². The van der Waals surface area contributed by atoms with E-state index in [2.05, 4.69) is 6.07 Å². The minimum absolute atomic E-state index is 0. The van der Waals surface area contributed by atoms with E-state index in [9.17, 15) is 0 Å². The Bertz CT molecular complexity index is 138. The predicted molar refractivity (Wildman–Crippen MR) is 26.9 cm³/mol. The van der Waals surface area contributed by atoms with Crippen molar-refractivity contribution in [1.29, 1.82) is 0 Å². The van der Waals surface area contributed by atoms with Crippen molar-refractivity contribution in [3.05, 3.63) is 30.3 Å². The Kier molecular flexibility index (Phi) is 3.97. The molecule has 0 spiro atoms. The topological polar surface area (TPSA) is 20.2 Å². The van der Waals surface area contributed by atoms with Crippen molar-refractivity contribution < 1.29 is 34.7 Å². The first-order valence-electron chi connectivity index (χ1n) is 2.05. The fraction of sp³-hybridized carbons (Fsp3) is 0. The van der Waals surface area contributed by atoms with Gasteiger partial charge in [0.1, 0.15) is 0 Å². The molecule has 1 nitrogen and oxygen atoms in total. The molecule has 1 aromatic rings. The van der Waals surface area contributed by atoms with E-state index in [1.807, 2.05) is 0 Å². The number of rotatable bonds is 0. The van der Waals surface area contributed by atoms with Crippen LogP contribution in [0.4, 0.5) is 0 Å². The van der Waals surface area contributed by atoms with Crippen LogP contribution < -0.4 is 29.6 Å². The van der Waals surface area contributed by atoms with E-state index < -0.39 is 0 Å². The molecule has 0 amide bonds. The van der Waals surface area contributed by atoms with Crippen molar-refractivity contribution in [3.8, 4) is 5.75 Å². The zero-order valence-corrected chi connectivity index (χ0v) is 6.76. The van der Waals surface area contributed by atoms with Crippen LogP contribution in [0.5, 0.6) is 5.75 Å². The summed E-state index contributed by atoms with van der Waals surface area (Å²) < 4.78 is 0. The Morgan fingerprint density at radius 1 is 1.38 bits per heavy atom. The smallest absolute Gasteiger partial charge is 0.534 e. The normalized spacial score (nSPS) is 7.50. The van der Waals surface area contributed by atoms with E-state index >= 15 is 0 Å². The minimum atomic E-state index is 0. The van der Waals surface area contributed by atoms with Gasteiger partial charge < -0.3 is 5.11 Å². The fourth-order valence-electron chi connectivity index (χ4n) is 0.384. The number of benzene rings is 1. The number of phenols is 1. The number of phenolic OH excluding ortho intramolecular Hbond substituents is 1. The van der Waals surface area contributed by atoms with Crippen molar-refractivity contribution in [2.75, 3.05) is 0 Å². The molecule has 0 aliphatic heterocycles. The van der Waals surface area contributed by atoms with Gasteiger partial charge in [-0.25, -0.2) is 0 Å². The standard InChI is InChI=1S/C6H5O.Na/c7-6-4-2-1-3-5-6;/h1-4,7H;/q-1;+1. The van der Waals surface area contributed by atoms with Crippen molar-refractivity contribution in [3.63, 3.8) is 0 Å². The third kappa shape index (κ3) is 2.36. The summed E-state index contributed by atoms with van der Waals surface area (Å²) in [4.78, 5) is 0. The zero-order chi connectivity index (χ0) is 5.11. The van der Waals surface area contributed by atoms with Gasteiger partial charge >= 0.3 is 29.6 Å². The summed E-state index contributed by atoms with van der Waals surface area (Å²) >= 11 is 0. The second-order valence-electron chi connectivity index (χ2n) is 1.25. The number of hydrogen-bond acceptors (Lipinski definition) is 1. The molecule has 1 N–H and O–H groups in total. The molecular formula is C6H5NaO. The predicted octanol–water partition coefficient (Wildman–Crippen LogP) is -1.80. The summed E-state index contributed by atoms with van der Waals surface area (Å²) in [6.45, 7) is 0. The third-order valence-electron chi connectivity index (χ3n) is 0.693. The first-order chi connectivity index (χ1) is 3.39. The van der Waals surface area contributed by atoms with Crippen LogP contribution in [0.3, 0.4) is 0 Å². The molecule has 0 aliphatic carbocycles. The average Bonchev–Trinajstić information content (AvgIpc) is 1.69. The van der Waals surface area contributed by atoms with Gasteiger partial charge in [-0.1, -0.05) is 0 Å². The van der Waals surface area contributed by atoms with Crippen molar-refractivity contribution in [2.24, 2.45) is 0 Å². The van der Waals surface area contributed by atoms with Gasteiger partial charge in [0, 0.05) is 5.75 Å². The summed E-state index contributed by atoms with van der Waals surface area (Å²) in [5.41, 5.74) is 0. The van der Waals surface area contributed by atoms with E-state index in [1.165, 1.54) is 0 Å². The molecular weight excluding hydrogens is 111 g/mol. The van der Waals surface area contributed by atoms with E-state index in [0.717, 1.165) is 0 Å². The Balaban J connectivity index is 0.000000490. The van der Waals surface area contributed by atoms with E-state index in [-0.39, 0.29) is 35.3 Å². The summed E-state index contributed by atoms with van der Waals surface area (Å²) in [5, 5.41) is 8.58. The van der Waals surface area contributed by atoms with Crippen LogP contribution in [-0.4, -0.2) is 5.11 Å². The number of hydrogen-bond donors (Lipinski definition) is 1. The third-order valence-corrected chi connectivity index (χ3v) is 0.693. The van der Waals surface area contributed by atoms with Crippen LogP contribution >= 0.6 is 0 Å². The van der Waals surface area contributed by atoms with Gasteiger partial charge in [-0.15, -0.1) is 12.1 Å². The van der Waals surface area contributed by atoms with Crippen molar-refractivity contribution in [2.45, 2.75) is 0 Å². The molecule has 0 saturated carbocycles. The van der Waals surface area contributed by atoms with Gasteiger partial charge in [-0.05, 0) is 0 Å². The molecule has 0 atom stereocenters. The van der Waals surface area contributed by atoms with E-state index in [0.29, 0.717) is 0 Å². The molecule has 0 aliphatic rings. The summed E-state index contributed by atoms with van der Waals surface area (Å²) in [7, 11) is 0. The molecule has 0 unspecified atom stereocenters. The maximum Gasteiger partial charge on any atom is 1.00 e. The molecule has 2 heteroatoms. The SMILES string of the molecule is Oc1[c-]cccc1.[Na+]. The Morgan fingerprint density at radius 2 is 2.12 bits per heavy atom. The quantitative estimate of drug-likeness (QED) is 0.313. The van der Waals surface area contributed by atoms with Crippen LogP contribution in [0.25, 0.3) is 0 Å². The maximum absolute atomic E-state index is 8.58. The molecule has 0 heterocycles. The van der Waals surface area contributed by atoms with Crippen LogP contribution in [0, 0.1) is 6.07 Å². The van der Waals surface area contributed by atoms with Gasteiger partial charge in [0.15, 0.2) is 0 Å². The largest absolute Gasteiger partial charge is 1.00 e. The fourth-order valence-corrected chi connectivity index (χ4v) is 0.384. The second-order valence-corrected chi connectivity index (χ2v) is 1.25. The second kappa shape index (κ2) is 3.96. The molecule has 0 fully saturated rings. The van der Waals surface area contributed by atoms with Gasteiger partial charge in [-0.2, -0.15) is 18.2 Å². The molecule has 0 radical (unpaired) electrons. The van der Waals surface area contributed by atoms with Crippen LogP contribution in [0.1, 0.15) is 0 Å². The molecule has 0 bridgehead atoms. The summed E-state index contributed by atoms with van der Waals surface area (Å²) in [6, 6.07) is 9.39. The molecule has 36 valence electrons. The maximum atomic E-state index is 8.58. The Hall–Kier alpha value is 0.0200. The van der Waals surface area contributed by atoms with Crippen LogP contribution in [-0.2, 0) is 0 Å². The minimum Gasteiger partial charge on any atom is -0.534 e. The van der Waals surface area contributed by atoms with Gasteiger partial charge in [0.05, 0.1) is 0 Å². The molecule has 1 rings (SSSR count). The average molecular weight is 116 g/mol. The van der Waals surface area contributed by atoms with Crippen LogP contribution in [0.15, 0.2) is 24.3 Å². The summed E-state index contributed by atoms with van der Waals surface area (Å²) in [5.74, 6) is 0.197. The van der Waals surface area contributed by atoms with E-state index in [4.69, 9.17) is 5.11 Å². The Labute approximate surface area is 70.6 Å². The van der Waals surface area contributed by atoms with Crippen molar-refractivity contribution >= 4 is 0 Å².